The molecule has 0 atom stereocenters. The van der Waals surface area contributed by atoms with Gasteiger partial charge in [-0.15, -0.1) is 0 Å². The smallest absolute Gasteiger partial charge is 0.213 e. The first-order valence-corrected chi connectivity index (χ1v) is 5.44. The van der Waals surface area contributed by atoms with Crippen molar-refractivity contribution < 1.29 is 9.18 Å². The Morgan fingerprint density at radius 1 is 1.24 bits per heavy atom. The van der Waals surface area contributed by atoms with E-state index in [2.05, 4.69) is 4.98 Å². The van der Waals surface area contributed by atoms with Crippen LogP contribution in [0.5, 0.6) is 0 Å². The van der Waals surface area contributed by atoms with Crippen LogP contribution < -0.4 is 0 Å². The average molecular weight is 270 g/mol. The van der Waals surface area contributed by atoms with Crippen LogP contribution in [0.25, 0.3) is 11.1 Å². The average Bonchev–Trinajstić information content (AvgIpc) is 2.30. The van der Waals surface area contributed by atoms with Crippen LogP contribution in [-0.4, -0.2) is 11.3 Å². The third kappa shape index (κ3) is 2.30. The van der Waals surface area contributed by atoms with E-state index in [-0.39, 0.29) is 5.56 Å². The molecule has 0 saturated carbocycles. The molecule has 2 nitrogen and oxygen atoms in total. The summed E-state index contributed by atoms with van der Waals surface area (Å²) in [6.45, 7) is 0. The van der Waals surface area contributed by atoms with Gasteiger partial charge in [0.05, 0.1) is 0 Å². The highest BCUT2D eigenvalue weighted by atomic mass is 35.5. The maximum Gasteiger partial charge on any atom is 0.213 e. The normalized spacial score (nSPS) is 10.3. The van der Waals surface area contributed by atoms with Crippen molar-refractivity contribution in [3.8, 4) is 11.1 Å². The summed E-state index contributed by atoms with van der Waals surface area (Å²) in [6.07, 6.45) is 1.78. The number of benzene rings is 1. The largest absolute Gasteiger partial charge is 0.298 e. The Morgan fingerprint density at radius 2 is 1.88 bits per heavy atom. The summed E-state index contributed by atoms with van der Waals surface area (Å²) in [5.74, 6) is -0.723. The zero-order chi connectivity index (χ0) is 12.4. The molecule has 1 aromatic heterocycles. The Labute approximate surface area is 107 Å². The van der Waals surface area contributed by atoms with E-state index in [0.717, 1.165) is 6.07 Å². The summed E-state index contributed by atoms with van der Waals surface area (Å²) in [4.78, 5) is 14.4. The second-order valence-electron chi connectivity index (χ2n) is 3.31. The van der Waals surface area contributed by atoms with Gasteiger partial charge in [-0.1, -0.05) is 29.3 Å². The molecule has 0 spiro atoms. The van der Waals surface area contributed by atoms with Crippen LogP contribution >= 0.6 is 23.2 Å². The molecule has 86 valence electrons. The van der Waals surface area contributed by atoms with E-state index in [1.165, 1.54) is 6.20 Å². The number of halogens is 3. The number of aldehydes is 1. The van der Waals surface area contributed by atoms with E-state index in [0.29, 0.717) is 27.5 Å². The standard InChI is InChI=1S/C12H6Cl2FNO/c13-9-2-1-3-10(14)12(9)8-5-16-11(15)4-7(8)6-17/h1-6H. The van der Waals surface area contributed by atoms with Crippen LogP contribution in [0.2, 0.25) is 10.0 Å². The van der Waals surface area contributed by atoms with Gasteiger partial charge in [-0.3, -0.25) is 4.79 Å². The van der Waals surface area contributed by atoms with Crippen molar-refractivity contribution in [2.24, 2.45) is 0 Å². The lowest BCUT2D eigenvalue weighted by atomic mass is 10.0. The predicted octanol–water partition coefficient (Wildman–Crippen LogP) is 4.01. The number of hydrogen-bond acceptors (Lipinski definition) is 2. The first-order valence-electron chi connectivity index (χ1n) is 4.68. The summed E-state index contributed by atoms with van der Waals surface area (Å²) < 4.78 is 12.9. The lowest BCUT2D eigenvalue weighted by Gasteiger charge is -2.08. The fraction of sp³-hybridized carbons (Fsp3) is 0. The maximum atomic E-state index is 12.9. The van der Waals surface area contributed by atoms with Crippen molar-refractivity contribution in [3.05, 3.63) is 52.0 Å². The molecule has 2 aromatic rings. The number of carbonyl (C=O) groups excluding carboxylic acids is 1. The maximum absolute atomic E-state index is 12.9. The molecule has 0 fully saturated rings. The molecule has 1 heterocycles. The number of pyridine rings is 1. The number of nitrogens with zero attached hydrogens (tertiary/aromatic N) is 1. The van der Waals surface area contributed by atoms with E-state index >= 15 is 0 Å². The topological polar surface area (TPSA) is 30.0 Å². The summed E-state index contributed by atoms with van der Waals surface area (Å²) in [6, 6.07) is 6.01. The number of rotatable bonds is 2. The molecule has 0 N–H and O–H groups in total. The minimum absolute atomic E-state index is 0.160. The van der Waals surface area contributed by atoms with Gasteiger partial charge in [0, 0.05) is 39.0 Å². The molecule has 1 aromatic carbocycles. The van der Waals surface area contributed by atoms with E-state index in [4.69, 9.17) is 23.2 Å². The van der Waals surface area contributed by atoms with Crippen LogP contribution in [0.15, 0.2) is 30.5 Å². The van der Waals surface area contributed by atoms with E-state index < -0.39 is 5.95 Å². The van der Waals surface area contributed by atoms with Gasteiger partial charge >= 0.3 is 0 Å². The Balaban J connectivity index is 2.72. The highest BCUT2D eigenvalue weighted by Gasteiger charge is 2.13. The van der Waals surface area contributed by atoms with Gasteiger partial charge < -0.3 is 0 Å². The first kappa shape index (κ1) is 12.0. The second kappa shape index (κ2) is 4.82. The minimum atomic E-state index is -0.723. The van der Waals surface area contributed by atoms with Crippen molar-refractivity contribution in [2.45, 2.75) is 0 Å². The van der Waals surface area contributed by atoms with Crippen LogP contribution in [0.1, 0.15) is 10.4 Å². The zero-order valence-corrected chi connectivity index (χ0v) is 9.97. The highest BCUT2D eigenvalue weighted by Crippen LogP contribution is 2.35. The number of carbonyl (C=O) groups is 1. The molecule has 0 aliphatic rings. The second-order valence-corrected chi connectivity index (χ2v) is 4.12. The first-order chi connectivity index (χ1) is 8.13. The third-order valence-corrected chi connectivity index (χ3v) is 2.89. The summed E-state index contributed by atoms with van der Waals surface area (Å²) >= 11 is 12.0. The fourth-order valence-electron chi connectivity index (χ4n) is 1.51. The van der Waals surface area contributed by atoms with Crippen molar-refractivity contribution in [1.29, 1.82) is 0 Å². The van der Waals surface area contributed by atoms with Crippen molar-refractivity contribution in [2.75, 3.05) is 0 Å². The molecule has 5 heteroatoms. The summed E-state index contributed by atoms with van der Waals surface area (Å²) in [7, 11) is 0. The quantitative estimate of drug-likeness (QED) is 0.609. The lowest BCUT2D eigenvalue weighted by molar-refractivity contribution is 0.112. The van der Waals surface area contributed by atoms with Crippen LogP contribution in [-0.2, 0) is 0 Å². The predicted molar refractivity (Wildman–Crippen MR) is 65.0 cm³/mol. The Morgan fingerprint density at radius 3 is 2.47 bits per heavy atom. The van der Waals surface area contributed by atoms with Crippen molar-refractivity contribution >= 4 is 29.5 Å². The molecular formula is C12H6Cl2FNO. The molecule has 2 rings (SSSR count). The molecule has 17 heavy (non-hydrogen) atoms. The molecule has 0 aliphatic carbocycles. The molecule has 0 radical (unpaired) electrons. The fourth-order valence-corrected chi connectivity index (χ4v) is 2.11. The molecule has 0 amide bonds. The van der Waals surface area contributed by atoms with Crippen LogP contribution in [0, 0.1) is 5.95 Å². The molecule has 0 unspecified atom stereocenters. The SMILES string of the molecule is O=Cc1cc(F)ncc1-c1c(Cl)cccc1Cl. The molecule has 0 bridgehead atoms. The van der Waals surface area contributed by atoms with Gasteiger partial charge in [-0.05, 0) is 12.1 Å². The lowest BCUT2D eigenvalue weighted by Crippen LogP contribution is -1.93. The number of hydrogen-bond donors (Lipinski definition) is 0. The Bertz CT molecular complexity index is 566. The molecule has 0 saturated heterocycles. The van der Waals surface area contributed by atoms with Crippen molar-refractivity contribution in [3.63, 3.8) is 0 Å². The Hall–Kier alpha value is -1.45. The Kier molecular flexibility index (Phi) is 3.41. The summed E-state index contributed by atoms with van der Waals surface area (Å²) in [5, 5.41) is 0.767. The third-order valence-electron chi connectivity index (χ3n) is 2.26. The molecule has 0 aliphatic heterocycles. The zero-order valence-electron chi connectivity index (χ0n) is 8.45. The van der Waals surface area contributed by atoms with E-state index in [1.54, 1.807) is 18.2 Å². The van der Waals surface area contributed by atoms with E-state index in [9.17, 15) is 9.18 Å². The number of aromatic nitrogens is 1. The van der Waals surface area contributed by atoms with Gasteiger partial charge in [0.25, 0.3) is 0 Å². The van der Waals surface area contributed by atoms with Crippen LogP contribution in [0.4, 0.5) is 4.39 Å². The van der Waals surface area contributed by atoms with Gasteiger partial charge in [0.2, 0.25) is 5.95 Å². The van der Waals surface area contributed by atoms with Crippen molar-refractivity contribution in [1.82, 2.24) is 4.98 Å². The van der Waals surface area contributed by atoms with Gasteiger partial charge in [-0.2, -0.15) is 4.39 Å². The van der Waals surface area contributed by atoms with Crippen LogP contribution in [0.3, 0.4) is 0 Å². The van der Waals surface area contributed by atoms with Gasteiger partial charge in [-0.25, -0.2) is 4.98 Å². The highest BCUT2D eigenvalue weighted by molar-refractivity contribution is 6.39. The van der Waals surface area contributed by atoms with Gasteiger partial charge in [0.1, 0.15) is 0 Å². The van der Waals surface area contributed by atoms with Gasteiger partial charge in [0.15, 0.2) is 6.29 Å². The summed E-state index contributed by atoms with van der Waals surface area (Å²) in [5.41, 5.74) is 1.05. The van der Waals surface area contributed by atoms with E-state index in [1.807, 2.05) is 0 Å². The molecular weight excluding hydrogens is 264 g/mol. The minimum Gasteiger partial charge on any atom is -0.298 e. The monoisotopic (exact) mass is 269 g/mol.